The van der Waals surface area contributed by atoms with Crippen LogP contribution in [0.1, 0.15) is 31.2 Å². The van der Waals surface area contributed by atoms with Crippen molar-refractivity contribution in [3.8, 4) is 11.5 Å². The van der Waals surface area contributed by atoms with Gasteiger partial charge in [-0.1, -0.05) is 13.8 Å². The van der Waals surface area contributed by atoms with E-state index in [1.807, 2.05) is 13.8 Å². The molecule has 0 atom stereocenters. The third-order valence-corrected chi connectivity index (χ3v) is 2.49. The van der Waals surface area contributed by atoms with E-state index in [0.29, 0.717) is 22.9 Å². The van der Waals surface area contributed by atoms with Gasteiger partial charge in [0.15, 0.2) is 0 Å². The maximum Gasteiger partial charge on any atom is 0.226 e. The highest BCUT2D eigenvalue weighted by Gasteiger charge is 2.16. The van der Waals surface area contributed by atoms with E-state index in [1.165, 1.54) is 12.1 Å². The molecule has 0 aliphatic carbocycles. The van der Waals surface area contributed by atoms with Gasteiger partial charge in [-0.15, -0.1) is 0 Å². The lowest BCUT2D eigenvalue weighted by Crippen LogP contribution is -1.92. The van der Waals surface area contributed by atoms with Gasteiger partial charge in [0.1, 0.15) is 17.3 Å². The minimum absolute atomic E-state index is 0.152. The number of halogens is 1. The van der Waals surface area contributed by atoms with Crippen LogP contribution in [0, 0.1) is 5.82 Å². The summed E-state index contributed by atoms with van der Waals surface area (Å²) in [5.41, 5.74) is 1.24. The van der Waals surface area contributed by atoms with Gasteiger partial charge in [-0.2, -0.15) is 0 Å². The van der Waals surface area contributed by atoms with Gasteiger partial charge in [0.05, 0.1) is 6.61 Å². The van der Waals surface area contributed by atoms with Crippen molar-refractivity contribution < 1.29 is 13.9 Å². The molecule has 2 aromatic rings. The number of hydrogen-bond acceptors (Lipinski definition) is 3. The Morgan fingerprint density at radius 2 is 1.94 bits per heavy atom. The second kappa shape index (κ2) is 4.67. The molecule has 1 heterocycles. The summed E-state index contributed by atoms with van der Waals surface area (Å²) < 4.78 is 18.4. The van der Waals surface area contributed by atoms with Gasteiger partial charge in [-0.25, -0.2) is 9.37 Å². The number of aliphatic hydroxyl groups excluding tert-OH is 1. The molecule has 4 heteroatoms. The first kappa shape index (κ1) is 11.8. The third kappa shape index (κ3) is 2.36. The van der Waals surface area contributed by atoms with E-state index in [9.17, 15) is 9.50 Å². The fourth-order valence-electron chi connectivity index (χ4n) is 1.64. The molecule has 1 aromatic carbocycles. The summed E-state index contributed by atoms with van der Waals surface area (Å²) in [5.74, 6) is 0.940. The molecule has 0 bridgehead atoms. The summed E-state index contributed by atoms with van der Waals surface area (Å²) in [4.78, 5) is 4.21. The lowest BCUT2D eigenvalue weighted by molar-refractivity contribution is 0.273. The van der Waals surface area contributed by atoms with Crippen LogP contribution >= 0.6 is 0 Å². The van der Waals surface area contributed by atoms with Crippen molar-refractivity contribution in [2.24, 2.45) is 0 Å². The van der Waals surface area contributed by atoms with E-state index < -0.39 is 0 Å². The second-order valence-corrected chi connectivity index (χ2v) is 4.15. The second-order valence-electron chi connectivity index (χ2n) is 4.15. The molecule has 0 aliphatic rings. The summed E-state index contributed by atoms with van der Waals surface area (Å²) in [6, 6.07) is 5.92. The van der Waals surface area contributed by atoms with Gasteiger partial charge < -0.3 is 9.52 Å². The van der Waals surface area contributed by atoms with Gasteiger partial charge in [0.2, 0.25) is 5.89 Å². The average Bonchev–Trinajstić information content (AvgIpc) is 2.74. The molecule has 0 fully saturated rings. The molecular weight excluding hydrogens is 221 g/mol. The van der Waals surface area contributed by atoms with E-state index in [4.69, 9.17) is 4.42 Å². The number of nitrogens with zero attached hydrogens (tertiary/aromatic N) is 1. The molecule has 17 heavy (non-hydrogen) atoms. The first-order chi connectivity index (χ1) is 8.11. The van der Waals surface area contributed by atoms with Crippen LogP contribution in [0.15, 0.2) is 28.7 Å². The topological polar surface area (TPSA) is 46.3 Å². The zero-order valence-corrected chi connectivity index (χ0v) is 9.77. The predicted molar refractivity (Wildman–Crippen MR) is 61.9 cm³/mol. The molecule has 1 aromatic heterocycles. The summed E-state index contributed by atoms with van der Waals surface area (Å²) in [6.45, 7) is 3.78. The van der Waals surface area contributed by atoms with Crippen molar-refractivity contribution >= 4 is 0 Å². The standard InChI is InChI=1S/C13H14FNO2/c1-8(2)12-11(7-16)15-13(17-12)9-3-5-10(14)6-4-9/h3-6,8,16H,7H2,1-2H3. The van der Waals surface area contributed by atoms with E-state index in [1.54, 1.807) is 12.1 Å². The van der Waals surface area contributed by atoms with Crippen molar-refractivity contribution in [3.63, 3.8) is 0 Å². The Bertz CT molecular complexity index is 503. The van der Waals surface area contributed by atoms with Crippen LogP contribution in [0.3, 0.4) is 0 Å². The molecule has 1 N–H and O–H groups in total. The minimum atomic E-state index is -0.299. The SMILES string of the molecule is CC(C)c1oc(-c2ccc(F)cc2)nc1CO. The molecule has 0 radical (unpaired) electrons. The molecule has 0 unspecified atom stereocenters. The van der Waals surface area contributed by atoms with Gasteiger partial charge in [-0.05, 0) is 24.3 Å². The average molecular weight is 235 g/mol. The van der Waals surface area contributed by atoms with Gasteiger partial charge in [-0.3, -0.25) is 0 Å². The van der Waals surface area contributed by atoms with Crippen LogP contribution in [-0.4, -0.2) is 10.1 Å². The van der Waals surface area contributed by atoms with Crippen molar-refractivity contribution in [3.05, 3.63) is 41.5 Å². The lowest BCUT2D eigenvalue weighted by Gasteiger charge is -2.00. The number of oxazole rings is 1. The Labute approximate surface area is 98.9 Å². The Kier molecular flexibility index (Phi) is 3.24. The van der Waals surface area contributed by atoms with Crippen LogP contribution in [0.5, 0.6) is 0 Å². The lowest BCUT2D eigenvalue weighted by atomic mass is 10.1. The maximum absolute atomic E-state index is 12.8. The van der Waals surface area contributed by atoms with E-state index in [2.05, 4.69) is 4.98 Å². The first-order valence-electron chi connectivity index (χ1n) is 5.48. The largest absolute Gasteiger partial charge is 0.441 e. The Hall–Kier alpha value is -1.68. The Morgan fingerprint density at radius 3 is 2.41 bits per heavy atom. The molecule has 0 spiro atoms. The smallest absolute Gasteiger partial charge is 0.226 e. The van der Waals surface area contributed by atoms with Crippen LogP contribution in [-0.2, 0) is 6.61 Å². The first-order valence-corrected chi connectivity index (χ1v) is 5.48. The van der Waals surface area contributed by atoms with Crippen LogP contribution in [0.2, 0.25) is 0 Å². The number of benzene rings is 1. The highest BCUT2D eigenvalue weighted by atomic mass is 19.1. The number of rotatable bonds is 3. The summed E-state index contributed by atoms with van der Waals surface area (Å²) in [7, 11) is 0. The van der Waals surface area contributed by atoms with Gasteiger partial charge >= 0.3 is 0 Å². The summed E-state index contributed by atoms with van der Waals surface area (Å²) in [6.07, 6.45) is 0. The van der Waals surface area contributed by atoms with Crippen molar-refractivity contribution in [1.82, 2.24) is 4.98 Å². The fraction of sp³-hybridized carbons (Fsp3) is 0.308. The zero-order chi connectivity index (χ0) is 12.4. The van der Waals surface area contributed by atoms with Crippen molar-refractivity contribution in [2.75, 3.05) is 0 Å². The summed E-state index contributed by atoms with van der Waals surface area (Å²) >= 11 is 0. The highest BCUT2D eigenvalue weighted by Crippen LogP contribution is 2.27. The maximum atomic E-state index is 12.8. The van der Waals surface area contributed by atoms with Crippen LogP contribution in [0.25, 0.3) is 11.5 Å². The summed E-state index contributed by atoms with van der Waals surface area (Å²) in [5, 5.41) is 9.19. The fourth-order valence-corrected chi connectivity index (χ4v) is 1.64. The molecule has 2 rings (SSSR count). The molecule has 0 saturated carbocycles. The predicted octanol–water partition coefficient (Wildman–Crippen LogP) is 3.10. The highest BCUT2D eigenvalue weighted by molar-refractivity contribution is 5.53. The van der Waals surface area contributed by atoms with Crippen molar-refractivity contribution in [1.29, 1.82) is 0 Å². The molecule has 0 amide bonds. The number of aliphatic hydroxyl groups is 1. The molecule has 0 aliphatic heterocycles. The molecular formula is C13H14FNO2. The van der Waals surface area contributed by atoms with E-state index in [-0.39, 0.29) is 18.3 Å². The normalized spacial score (nSPS) is 11.1. The molecule has 3 nitrogen and oxygen atoms in total. The van der Waals surface area contributed by atoms with E-state index >= 15 is 0 Å². The monoisotopic (exact) mass is 235 g/mol. The zero-order valence-electron chi connectivity index (χ0n) is 9.77. The minimum Gasteiger partial charge on any atom is -0.441 e. The third-order valence-electron chi connectivity index (χ3n) is 2.49. The van der Waals surface area contributed by atoms with E-state index in [0.717, 1.165) is 0 Å². The van der Waals surface area contributed by atoms with Crippen LogP contribution < -0.4 is 0 Å². The molecule has 90 valence electrons. The Balaban J connectivity index is 2.42. The van der Waals surface area contributed by atoms with Crippen LogP contribution in [0.4, 0.5) is 4.39 Å². The van der Waals surface area contributed by atoms with Gasteiger partial charge in [0.25, 0.3) is 0 Å². The Morgan fingerprint density at radius 1 is 1.29 bits per heavy atom. The quantitative estimate of drug-likeness (QED) is 0.889. The number of aromatic nitrogens is 1. The van der Waals surface area contributed by atoms with Gasteiger partial charge in [0, 0.05) is 11.5 Å². The number of hydrogen-bond donors (Lipinski definition) is 1. The molecule has 0 saturated heterocycles. The van der Waals surface area contributed by atoms with Crippen molar-refractivity contribution in [2.45, 2.75) is 26.4 Å².